The minimum absolute atomic E-state index is 0.140. The Labute approximate surface area is 156 Å². The second-order valence-electron chi connectivity index (χ2n) is 5.77. The van der Waals surface area contributed by atoms with Crippen molar-refractivity contribution in [1.82, 2.24) is 19.3 Å². The van der Waals surface area contributed by atoms with E-state index in [9.17, 15) is 4.79 Å². The van der Waals surface area contributed by atoms with E-state index in [0.29, 0.717) is 5.75 Å². The summed E-state index contributed by atoms with van der Waals surface area (Å²) in [4.78, 5) is 13.8. The Hall–Kier alpha value is -1.86. The Bertz CT molecular complexity index is 877. The van der Waals surface area contributed by atoms with Gasteiger partial charge in [-0.25, -0.2) is 0 Å². The number of rotatable bonds is 7. The van der Waals surface area contributed by atoms with Gasteiger partial charge in [0.15, 0.2) is 16.8 Å². The minimum atomic E-state index is 0.140. The lowest BCUT2D eigenvalue weighted by molar-refractivity contribution is 0.102. The number of nitrogens with zero attached hydrogens (tertiary/aromatic N) is 4. The maximum atomic E-state index is 12.7. The number of thioether (sulfide) groups is 1. The number of carbonyl (C=O) groups excluding carboxylic acids is 1. The molecule has 0 aliphatic heterocycles. The molecule has 3 aromatic rings. The Morgan fingerprint density at radius 1 is 1.20 bits per heavy atom. The Morgan fingerprint density at radius 2 is 1.96 bits per heavy atom. The molecular weight excluding hydrogens is 352 g/mol. The third kappa shape index (κ3) is 3.43. The minimum Gasteiger partial charge on any atom is -0.349 e. The van der Waals surface area contributed by atoms with Crippen molar-refractivity contribution in [3.05, 3.63) is 40.5 Å². The fourth-order valence-electron chi connectivity index (χ4n) is 3.05. The lowest BCUT2D eigenvalue weighted by Gasteiger charge is -2.07. The summed E-state index contributed by atoms with van der Waals surface area (Å²) >= 11 is 3.11. The van der Waals surface area contributed by atoms with Crippen molar-refractivity contribution in [2.75, 3.05) is 5.75 Å². The molecule has 132 valence electrons. The number of ketones is 1. The van der Waals surface area contributed by atoms with Crippen LogP contribution in [0.1, 0.15) is 35.6 Å². The van der Waals surface area contributed by atoms with Crippen molar-refractivity contribution in [3.8, 4) is 10.7 Å². The molecule has 0 saturated heterocycles. The third-order valence-corrected chi connectivity index (χ3v) is 6.13. The van der Waals surface area contributed by atoms with Gasteiger partial charge in [0, 0.05) is 30.0 Å². The first kappa shape index (κ1) is 17.9. The first-order chi connectivity index (χ1) is 12.1. The second-order valence-corrected chi connectivity index (χ2v) is 7.66. The van der Waals surface area contributed by atoms with Gasteiger partial charge in [0.2, 0.25) is 0 Å². The van der Waals surface area contributed by atoms with Crippen LogP contribution in [0.2, 0.25) is 0 Å². The molecule has 3 heterocycles. The Morgan fingerprint density at radius 3 is 2.56 bits per heavy atom. The highest BCUT2D eigenvalue weighted by molar-refractivity contribution is 7.99. The van der Waals surface area contributed by atoms with Crippen LogP contribution in [0.5, 0.6) is 0 Å². The molecular formula is C18H22N4OS2. The molecule has 0 aliphatic rings. The quantitative estimate of drug-likeness (QED) is 0.453. The second kappa shape index (κ2) is 7.58. The van der Waals surface area contributed by atoms with Crippen LogP contribution in [0.4, 0.5) is 0 Å². The molecule has 0 atom stereocenters. The Kier molecular flexibility index (Phi) is 5.44. The van der Waals surface area contributed by atoms with Crippen LogP contribution < -0.4 is 0 Å². The van der Waals surface area contributed by atoms with Crippen molar-refractivity contribution in [1.29, 1.82) is 0 Å². The summed E-state index contributed by atoms with van der Waals surface area (Å²) in [6, 6.07) is 6.04. The van der Waals surface area contributed by atoms with Gasteiger partial charge < -0.3 is 9.13 Å². The number of Topliss-reactive ketones (excluding diaryl/α,β-unsaturated/α-hetero) is 1. The molecule has 0 saturated carbocycles. The molecule has 0 N–H and O–H groups in total. The van der Waals surface area contributed by atoms with E-state index in [1.807, 2.05) is 37.4 Å². The van der Waals surface area contributed by atoms with Gasteiger partial charge >= 0.3 is 0 Å². The molecule has 3 aromatic heterocycles. The maximum Gasteiger partial charge on any atom is 0.191 e. The molecule has 5 nitrogen and oxygen atoms in total. The van der Waals surface area contributed by atoms with Gasteiger partial charge in [-0.1, -0.05) is 17.8 Å². The van der Waals surface area contributed by atoms with Crippen molar-refractivity contribution in [3.63, 3.8) is 0 Å². The molecule has 0 radical (unpaired) electrons. The summed E-state index contributed by atoms with van der Waals surface area (Å²) < 4.78 is 4.24. The van der Waals surface area contributed by atoms with Crippen LogP contribution in [-0.2, 0) is 13.1 Å². The molecule has 0 amide bonds. The Balaban J connectivity index is 1.77. The van der Waals surface area contributed by atoms with Gasteiger partial charge in [0.05, 0.1) is 10.6 Å². The predicted molar refractivity (Wildman–Crippen MR) is 104 cm³/mol. The zero-order valence-corrected chi connectivity index (χ0v) is 16.6. The number of hydrogen-bond acceptors (Lipinski definition) is 5. The summed E-state index contributed by atoms with van der Waals surface area (Å²) in [5.74, 6) is 1.38. The molecule has 0 fully saturated rings. The van der Waals surface area contributed by atoms with Gasteiger partial charge in [-0.05, 0) is 45.2 Å². The maximum absolute atomic E-state index is 12.7. The largest absolute Gasteiger partial charge is 0.349 e. The first-order valence-corrected chi connectivity index (χ1v) is 10.2. The number of aryl methyl sites for hydroxylation is 1. The monoisotopic (exact) mass is 374 g/mol. The molecule has 3 rings (SSSR count). The zero-order valence-electron chi connectivity index (χ0n) is 14.9. The van der Waals surface area contributed by atoms with E-state index in [-0.39, 0.29) is 5.78 Å². The summed E-state index contributed by atoms with van der Waals surface area (Å²) in [6.07, 6.45) is 0. The van der Waals surface area contributed by atoms with Gasteiger partial charge in [0.1, 0.15) is 0 Å². The molecule has 0 unspecified atom stereocenters. The molecule has 25 heavy (non-hydrogen) atoms. The highest BCUT2D eigenvalue weighted by Crippen LogP contribution is 2.28. The predicted octanol–water partition coefficient (Wildman–Crippen LogP) is 4.44. The van der Waals surface area contributed by atoms with E-state index in [0.717, 1.165) is 45.9 Å². The molecule has 0 aliphatic carbocycles. The standard InChI is InChI=1S/C18H22N4OS2/c1-5-21-12(3)10-14(13(21)4)15(23)11-25-18-20-19-17(22(18)6-2)16-8-7-9-24-16/h7-10H,5-6,11H2,1-4H3. The average Bonchev–Trinajstić information content (AvgIpc) is 3.31. The highest BCUT2D eigenvalue weighted by Gasteiger charge is 2.18. The molecule has 0 bridgehead atoms. The van der Waals surface area contributed by atoms with Gasteiger partial charge in [-0.2, -0.15) is 0 Å². The van der Waals surface area contributed by atoms with Crippen molar-refractivity contribution in [2.45, 2.75) is 45.9 Å². The summed E-state index contributed by atoms with van der Waals surface area (Å²) in [7, 11) is 0. The van der Waals surface area contributed by atoms with Crippen LogP contribution >= 0.6 is 23.1 Å². The molecule has 0 spiro atoms. The highest BCUT2D eigenvalue weighted by atomic mass is 32.2. The van der Waals surface area contributed by atoms with E-state index >= 15 is 0 Å². The molecule has 0 aromatic carbocycles. The van der Waals surface area contributed by atoms with Gasteiger partial charge in [0.25, 0.3) is 0 Å². The van der Waals surface area contributed by atoms with Crippen LogP contribution in [0, 0.1) is 13.8 Å². The van der Waals surface area contributed by atoms with E-state index in [1.54, 1.807) is 11.3 Å². The molecule has 7 heteroatoms. The van der Waals surface area contributed by atoms with E-state index in [1.165, 1.54) is 11.8 Å². The van der Waals surface area contributed by atoms with Crippen LogP contribution in [0.3, 0.4) is 0 Å². The topological polar surface area (TPSA) is 52.7 Å². The normalized spacial score (nSPS) is 11.2. The lowest BCUT2D eigenvalue weighted by atomic mass is 10.2. The van der Waals surface area contributed by atoms with Crippen LogP contribution in [0.15, 0.2) is 28.7 Å². The lowest BCUT2D eigenvalue weighted by Crippen LogP contribution is -2.07. The van der Waals surface area contributed by atoms with Crippen molar-refractivity contribution in [2.24, 2.45) is 0 Å². The van der Waals surface area contributed by atoms with E-state index < -0.39 is 0 Å². The number of hydrogen-bond donors (Lipinski definition) is 0. The van der Waals surface area contributed by atoms with Crippen molar-refractivity contribution < 1.29 is 4.79 Å². The van der Waals surface area contributed by atoms with Crippen LogP contribution in [0.25, 0.3) is 10.7 Å². The zero-order chi connectivity index (χ0) is 18.0. The van der Waals surface area contributed by atoms with Crippen LogP contribution in [-0.4, -0.2) is 30.9 Å². The third-order valence-electron chi connectivity index (χ3n) is 4.30. The average molecular weight is 375 g/mol. The number of aromatic nitrogens is 4. The van der Waals surface area contributed by atoms with E-state index in [4.69, 9.17) is 0 Å². The van der Waals surface area contributed by atoms with E-state index in [2.05, 4.69) is 33.2 Å². The number of thiophene rings is 1. The SMILES string of the molecule is CCn1c(SCC(=O)c2cc(C)n(CC)c2C)nnc1-c1cccs1. The fraction of sp³-hybridized carbons (Fsp3) is 0.389. The number of carbonyl (C=O) groups is 1. The van der Waals surface area contributed by atoms with Crippen molar-refractivity contribution >= 4 is 28.9 Å². The van der Waals surface area contributed by atoms with Gasteiger partial charge in [-0.3, -0.25) is 4.79 Å². The first-order valence-electron chi connectivity index (χ1n) is 8.36. The fourth-order valence-corrected chi connectivity index (χ4v) is 4.65. The summed E-state index contributed by atoms with van der Waals surface area (Å²) in [6.45, 7) is 9.88. The smallest absolute Gasteiger partial charge is 0.191 e. The summed E-state index contributed by atoms with van der Waals surface area (Å²) in [5.41, 5.74) is 2.99. The summed E-state index contributed by atoms with van der Waals surface area (Å²) in [5, 5.41) is 11.4. The van der Waals surface area contributed by atoms with Gasteiger partial charge in [-0.15, -0.1) is 21.5 Å².